The molecular formula is C9H18N2O6. The first-order valence-electron chi connectivity index (χ1n) is 5.23. The van der Waals surface area contributed by atoms with Crippen molar-refractivity contribution in [3.63, 3.8) is 0 Å². The lowest BCUT2D eigenvalue weighted by molar-refractivity contribution is -0.284. The van der Waals surface area contributed by atoms with Crippen LogP contribution in [0.5, 0.6) is 0 Å². The summed E-state index contributed by atoms with van der Waals surface area (Å²) in [6, 6.07) is -0.919. The molecule has 1 amide bonds. The Hall–Kier alpha value is -0.770. The van der Waals surface area contributed by atoms with Crippen LogP contribution >= 0.6 is 0 Å². The number of nitrogens with one attached hydrogen (secondary N) is 2. The number of aliphatic hydroxyl groups excluding tert-OH is 3. The Morgan fingerprint density at radius 1 is 1.41 bits per heavy atom. The van der Waals surface area contributed by atoms with Crippen molar-refractivity contribution in [2.45, 2.75) is 37.6 Å². The summed E-state index contributed by atoms with van der Waals surface area (Å²) in [6.45, 7) is 0.808. The van der Waals surface area contributed by atoms with Gasteiger partial charge < -0.3 is 25.4 Å². The van der Waals surface area contributed by atoms with Gasteiger partial charge in [0.15, 0.2) is 0 Å². The van der Waals surface area contributed by atoms with Crippen LogP contribution < -0.4 is 10.8 Å². The summed E-state index contributed by atoms with van der Waals surface area (Å²) in [6.07, 6.45) is -4.55. The van der Waals surface area contributed by atoms with E-state index in [4.69, 9.17) is 14.7 Å². The molecule has 3 unspecified atom stereocenters. The summed E-state index contributed by atoms with van der Waals surface area (Å²) in [5.41, 5.74) is 2.37. The zero-order chi connectivity index (χ0) is 13.0. The standard InChI is InChI=1S/C9H18N2O6/c1-4(13)11-6-8(15)7(14)5(3-12)16-9(6)17-10-2/h5-10,12,14-15H,3H2,1-2H3,(H,11,13)/t5?,6?,7-,8?,9-/m0/s1. The number of carbonyl (C=O) groups excluding carboxylic acids is 1. The molecule has 1 rings (SSSR count). The third-order valence-corrected chi connectivity index (χ3v) is 2.48. The van der Waals surface area contributed by atoms with Crippen LogP contribution in [0.3, 0.4) is 0 Å². The summed E-state index contributed by atoms with van der Waals surface area (Å²) >= 11 is 0. The van der Waals surface area contributed by atoms with Crippen LogP contribution in [0.25, 0.3) is 0 Å². The minimum atomic E-state index is -1.30. The maximum absolute atomic E-state index is 11.0. The molecule has 5 atom stereocenters. The van der Waals surface area contributed by atoms with Crippen molar-refractivity contribution in [1.29, 1.82) is 0 Å². The molecule has 0 bridgehead atoms. The molecule has 8 nitrogen and oxygen atoms in total. The van der Waals surface area contributed by atoms with Gasteiger partial charge in [0, 0.05) is 14.0 Å². The molecule has 0 spiro atoms. The average molecular weight is 250 g/mol. The third kappa shape index (κ3) is 3.35. The van der Waals surface area contributed by atoms with Crippen LogP contribution in [0, 0.1) is 0 Å². The number of hydroxylamine groups is 1. The zero-order valence-corrected chi connectivity index (χ0v) is 9.66. The first-order valence-corrected chi connectivity index (χ1v) is 5.23. The Bertz CT molecular complexity index is 264. The summed E-state index contributed by atoms with van der Waals surface area (Å²) in [5, 5.41) is 30.9. The van der Waals surface area contributed by atoms with Crippen LogP contribution in [0.2, 0.25) is 0 Å². The largest absolute Gasteiger partial charge is 0.394 e. The lowest BCUT2D eigenvalue weighted by Crippen LogP contribution is -2.65. The highest BCUT2D eigenvalue weighted by molar-refractivity contribution is 5.73. The normalized spacial score (nSPS) is 37.8. The highest BCUT2D eigenvalue weighted by Crippen LogP contribution is 2.21. The monoisotopic (exact) mass is 250 g/mol. The number of aliphatic hydroxyl groups is 3. The van der Waals surface area contributed by atoms with Crippen molar-refractivity contribution >= 4 is 5.91 Å². The lowest BCUT2D eigenvalue weighted by Gasteiger charge is -2.41. The SMILES string of the molecule is CNO[C@@H]1OC(CO)[C@H](O)C(O)C1NC(C)=O. The minimum absolute atomic E-state index is 0.392. The van der Waals surface area contributed by atoms with Crippen molar-refractivity contribution in [3.8, 4) is 0 Å². The van der Waals surface area contributed by atoms with E-state index in [1.165, 1.54) is 14.0 Å². The maximum atomic E-state index is 11.0. The number of amides is 1. The molecule has 100 valence electrons. The molecule has 5 N–H and O–H groups in total. The van der Waals surface area contributed by atoms with Crippen molar-refractivity contribution in [2.75, 3.05) is 13.7 Å². The second-order valence-corrected chi connectivity index (χ2v) is 3.75. The molecule has 0 aromatic carbocycles. The van der Waals surface area contributed by atoms with Crippen LogP contribution in [-0.4, -0.2) is 65.5 Å². The van der Waals surface area contributed by atoms with Gasteiger partial charge in [0.25, 0.3) is 0 Å². The predicted octanol–water partition coefficient (Wildman–Crippen LogP) is -2.92. The number of hydrogen-bond donors (Lipinski definition) is 5. The number of hydrogen-bond acceptors (Lipinski definition) is 7. The molecule has 0 radical (unpaired) electrons. The Morgan fingerprint density at radius 3 is 2.53 bits per heavy atom. The van der Waals surface area contributed by atoms with Gasteiger partial charge in [-0.1, -0.05) is 0 Å². The van der Waals surface area contributed by atoms with Gasteiger partial charge in [-0.25, -0.2) is 5.48 Å². The third-order valence-electron chi connectivity index (χ3n) is 2.48. The summed E-state index contributed by atoms with van der Waals surface area (Å²) < 4.78 is 5.21. The van der Waals surface area contributed by atoms with Gasteiger partial charge in [-0.3, -0.25) is 9.63 Å². The predicted molar refractivity (Wildman–Crippen MR) is 55.5 cm³/mol. The summed E-state index contributed by atoms with van der Waals surface area (Å²) in [7, 11) is 1.49. The van der Waals surface area contributed by atoms with Gasteiger partial charge in [-0.15, -0.1) is 0 Å². The van der Waals surface area contributed by atoms with Crippen molar-refractivity contribution in [1.82, 2.24) is 10.8 Å². The zero-order valence-electron chi connectivity index (χ0n) is 9.66. The van der Waals surface area contributed by atoms with E-state index in [9.17, 15) is 15.0 Å². The fraction of sp³-hybridized carbons (Fsp3) is 0.889. The fourth-order valence-corrected chi connectivity index (χ4v) is 1.69. The Kier molecular flexibility index (Phi) is 5.25. The molecule has 1 aliphatic heterocycles. The van der Waals surface area contributed by atoms with Crippen molar-refractivity contribution in [3.05, 3.63) is 0 Å². The van der Waals surface area contributed by atoms with Gasteiger partial charge in [0.2, 0.25) is 12.2 Å². The smallest absolute Gasteiger partial charge is 0.217 e. The molecule has 1 saturated heterocycles. The Balaban J connectivity index is 2.78. The topological polar surface area (TPSA) is 120 Å². The minimum Gasteiger partial charge on any atom is -0.394 e. The molecule has 1 aliphatic rings. The quantitative estimate of drug-likeness (QED) is 0.339. The molecule has 1 heterocycles. The lowest BCUT2D eigenvalue weighted by atomic mass is 9.97. The van der Waals surface area contributed by atoms with E-state index >= 15 is 0 Å². The molecule has 8 heteroatoms. The molecule has 17 heavy (non-hydrogen) atoms. The van der Waals surface area contributed by atoms with E-state index < -0.39 is 43.2 Å². The Morgan fingerprint density at radius 2 is 2.06 bits per heavy atom. The molecule has 1 fully saturated rings. The van der Waals surface area contributed by atoms with Gasteiger partial charge >= 0.3 is 0 Å². The van der Waals surface area contributed by atoms with Gasteiger partial charge in [0.1, 0.15) is 24.4 Å². The van der Waals surface area contributed by atoms with E-state index in [0.717, 1.165) is 0 Å². The summed E-state index contributed by atoms with van der Waals surface area (Å²) in [4.78, 5) is 16.0. The number of carbonyl (C=O) groups is 1. The molecular weight excluding hydrogens is 232 g/mol. The fourth-order valence-electron chi connectivity index (χ4n) is 1.69. The van der Waals surface area contributed by atoms with Crippen LogP contribution in [0.1, 0.15) is 6.92 Å². The molecule has 0 aromatic rings. The van der Waals surface area contributed by atoms with Gasteiger partial charge in [-0.2, -0.15) is 0 Å². The van der Waals surface area contributed by atoms with E-state index in [0.29, 0.717) is 0 Å². The average Bonchev–Trinajstić information content (AvgIpc) is 2.28. The van der Waals surface area contributed by atoms with Gasteiger partial charge in [-0.05, 0) is 0 Å². The van der Waals surface area contributed by atoms with Crippen LogP contribution in [0.15, 0.2) is 0 Å². The molecule has 0 saturated carbocycles. The van der Waals surface area contributed by atoms with Crippen LogP contribution in [0.4, 0.5) is 0 Å². The van der Waals surface area contributed by atoms with E-state index in [1.54, 1.807) is 0 Å². The number of ether oxygens (including phenoxy) is 1. The van der Waals surface area contributed by atoms with Gasteiger partial charge in [0.05, 0.1) is 6.61 Å². The first kappa shape index (κ1) is 14.3. The maximum Gasteiger partial charge on any atom is 0.217 e. The van der Waals surface area contributed by atoms with Crippen molar-refractivity contribution < 1.29 is 29.7 Å². The van der Waals surface area contributed by atoms with E-state index in [2.05, 4.69) is 10.8 Å². The van der Waals surface area contributed by atoms with Crippen molar-refractivity contribution in [2.24, 2.45) is 0 Å². The highest BCUT2D eigenvalue weighted by atomic mass is 16.8. The second-order valence-electron chi connectivity index (χ2n) is 3.75. The van der Waals surface area contributed by atoms with E-state index in [1.807, 2.05) is 0 Å². The van der Waals surface area contributed by atoms with Crippen LogP contribution in [-0.2, 0) is 14.4 Å². The second kappa shape index (κ2) is 6.24. The highest BCUT2D eigenvalue weighted by Gasteiger charge is 2.45. The number of rotatable bonds is 4. The van der Waals surface area contributed by atoms with E-state index in [-0.39, 0.29) is 0 Å². The molecule has 0 aromatic heterocycles. The molecule has 0 aliphatic carbocycles. The Labute approximate surface area is 98.5 Å². The summed E-state index contributed by atoms with van der Waals surface area (Å²) in [5.74, 6) is -0.392. The first-order chi connectivity index (χ1) is 8.01.